The molecule has 0 saturated carbocycles. The molecule has 0 radical (unpaired) electrons. The molecule has 1 aliphatic rings. The van der Waals surface area contributed by atoms with Gasteiger partial charge in [0.25, 0.3) is 5.91 Å². The number of carbonyl (C=O) groups is 1. The molecule has 7 heteroatoms. The van der Waals surface area contributed by atoms with E-state index in [1.807, 2.05) is 12.3 Å². The molecule has 0 spiro atoms. The highest BCUT2D eigenvalue weighted by atomic mass is 32.2. The number of rotatable bonds is 7. The topological polar surface area (TPSA) is 58.1 Å². The van der Waals surface area contributed by atoms with Gasteiger partial charge >= 0.3 is 0 Å². The van der Waals surface area contributed by atoms with Gasteiger partial charge < -0.3 is 10.2 Å². The molecule has 5 nitrogen and oxygen atoms in total. The Labute approximate surface area is 151 Å². The minimum Gasteiger partial charge on any atom is -0.356 e. The number of hydrogen-bond donors (Lipinski definition) is 1. The molecule has 0 bridgehead atoms. The molecule has 1 saturated heterocycles. The van der Waals surface area contributed by atoms with Crippen molar-refractivity contribution >= 4 is 45.0 Å². The number of aromatic nitrogens is 2. The summed E-state index contributed by atoms with van der Waals surface area (Å²) in [5.74, 6) is 0.996. The van der Waals surface area contributed by atoms with Gasteiger partial charge in [-0.1, -0.05) is 31.5 Å². The number of fused-ring (bicyclic) bond motifs is 1. The summed E-state index contributed by atoms with van der Waals surface area (Å²) in [5, 5.41) is 4.81. The third kappa shape index (κ3) is 3.83. The van der Waals surface area contributed by atoms with Crippen LogP contribution in [0.2, 0.25) is 0 Å². The highest BCUT2D eigenvalue weighted by molar-refractivity contribution is 7.98. The molecule has 2 aromatic heterocycles. The summed E-state index contributed by atoms with van der Waals surface area (Å²) in [7, 11) is 0. The lowest BCUT2D eigenvalue weighted by Crippen LogP contribution is -2.23. The number of unbranched alkanes of at least 4 members (excludes halogenated alkanes) is 2. The van der Waals surface area contributed by atoms with E-state index >= 15 is 0 Å². The third-order valence-electron chi connectivity index (χ3n) is 4.23. The van der Waals surface area contributed by atoms with Crippen LogP contribution in [0.1, 0.15) is 48.7 Å². The normalized spacial score (nSPS) is 14.5. The van der Waals surface area contributed by atoms with E-state index in [9.17, 15) is 4.79 Å². The molecule has 1 amide bonds. The van der Waals surface area contributed by atoms with Crippen molar-refractivity contribution in [3.63, 3.8) is 0 Å². The minimum absolute atomic E-state index is 0.00664. The first kappa shape index (κ1) is 17.5. The molecule has 130 valence electrons. The average Bonchev–Trinajstić information content (AvgIpc) is 3.26. The average molecular weight is 365 g/mol. The molecule has 0 unspecified atom stereocenters. The summed E-state index contributed by atoms with van der Waals surface area (Å²) in [5.41, 5.74) is 0. The van der Waals surface area contributed by atoms with Crippen molar-refractivity contribution in [2.75, 3.05) is 30.8 Å². The predicted molar refractivity (Wildman–Crippen MR) is 103 cm³/mol. The lowest BCUT2D eigenvalue weighted by Gasteiger charge is -2.17. The maximum atomic E-state index is 12.4. The van der Waals surface area contributed by atoms with Crippen LogP contribution in [-0.2, 0) is 0 Å². The number of carbonyl (C=O) groups excluding carboxylic acids is 1. The molecule has 0 aliphatic carbocycles. The SMILES string of the molecule is CCCCCNC(=O)c1cc2c(N3CCCC3)nc(SC)nc2s1. The zero-order chi connectivity index (χ0) is 16.9. The second-order valence-electron chi connectivity index (χ2n) is 6.02. The summed E-state index contributed by atoms with van der Waals surface area (Å²) in [6.45, 7) is 4.97. The first-order chi connectivity index (χ1) is 11.7. The van der Waals surface area contributed by atoms with Crippen LogP contribution in [0.5, 0.6) is 0 Å². The summed E-state index contributed by atoms with van der Waals surface area (Å²) in [6.07, 6.45) is 7.73. The zero-order valence-corrected chi connectivity index (χ0v) is 15.9. The van der Waals surface area contributed by atoms with Crippen molar-refractivity contribution in [3.8, 4) is 0 Å². The number of nitrogens with zero attached hydrogens (tertiary/aromatic N) is 3. The fraction of sp³-hybridized carbons (Fsp3) is 0.588. The summed E-state index contributed by atoms with van der Waals surface area (Å²) >= 11 is 3.02. The second kappa shape index (κ2) is 8.16. The second-order valence-corrected chi connectivity index (χ2v) is 7.82. The number of anilines is 1. The molecule has 24 heavy (non-hydrogen) atoms. The number of amides is 1. The van der Waals surface area contributed by atoms with Gasteiger partial charge in [0.15, 0.2) is 5.16 Å². The fourth-order valence-electron chi connectivity index (χ4n) is 2.92. The molecule has 0 atom stereocenters. The Morgan fingerprint density at radius 2 is 2.12 bits per heavy atom. The lowest BCUT2D eigenvalue weighted by molar-refractivity contribution is 0.0957. The van der Waals surface area contributed by atoms with Crippen LogP contribution < -0.4 is 10.2 Å². The van der Waals surface area contributed by atoms with E-state index in [0.29, 0.717) is 0 Å². The van der Waals surface area contributed by atoms with Gasteiger partial charge in [-0.15, -0.1) is 11.3 Å². The van der Waals surface area contributed by atoms with Crippen molar-refractivity contribution in [3.05, 3.63) is 10.9 Å². The number of thiophene rings is 1. The molecule has 0 aromatic carbocycles. The van der Waals surface area contributed by atoms with E-state index in [0.717, 1.165) is 65.0 Å². The van der Waals surface area contributed by atoms with Crippen LogP contribution in [0.3, 0.4) is 0 Å². The van der Waals surface area contributed by atoms with Crippen molar-refractivity contribution < 1.29 is 4.79 Å². The van der Waals surface area contributed by atoms with Crippen LogP contribution in [0, 0.1) is 0 Å². The van der Waals surface area contributed by atoms with Gasteiger partial charge in [-0.25, -0.2) is 9.97 Å². The first-order valence-corrected chi connectivity index (χ1v) is 10.7. The molecule has 3 heterocycles. The van der Waals surface area contributed by atoms with Crippen LogP contribution in [0.4, 0.5) is 5.82 Å². The van der Waals surface area contributed by atoms with Crippen LogP contribution in [0.15, 0.2) is 11.2 Å². The Balaban J connectivity index is 1.86. The Kier molecular flexibility index (Phi) is 5.94. The fourth-order valence-corrected chi connectivity index (χ4v) is 4.28. The van der Waals surface area contributed by atoms with Crippen molar-refractivity contribution in [2.45, 2.75) is 44.2 Å². The standard InChI is InChI=1S/C17H24N4OS2/c1-3-4-5-8-18-15(22)13-11-12-14(21-9-6-7-10-21)19-17(23-2)20-16(12)24-13/h11H,3-10H2,1-2H3,(H,18,22). The Morgan fingerprint density at radius 1 is 1.33 bits per heavy atom. The van der Waals surface area contributed by atoms with E-state index in [1.54, 1.807) is 11.8 Å². The molecule has 1 N–H and O–H groups in total. The highest BCUT2D eigenvalue weighted by Crippen LogP contribution is 2.34. The molecule has 1 aliphatic heterocycles. The number of hydrogen-bond acceptors (Lipinski definition) is 6. The van der Waals surface area contributed by atoms with Gasteiger partial charge in [0.2, 0.25) is 0 Å². The van der Waals surface area contributed by atoms with Crippen molar-refractivity contribution in [2.24, 2.45) is 0 Å². The third-order valence-corrected chi connectivity index (χ3v) is 5.81. The Morgan fingerprint density at radius 3 is 2.83 bits per heavy atom. The summed E-state index contributed by atoms with van der Waals surface area (Å²) in [4.78, 5) is 25.7. The van der Waals surface area contributed by atoms with Crippen molar-refractivity contribution in [1.82, 2.24) is 15.3 Å². The molecule has 3 rings (SSSR count). The lowest BCUT2D eigenvalue weighted by atomic mass is 10.2. The van der Waals surface area contributed by atoms with Crippen molar-refractivity contribution in [1.29, 1.82) is 0 Å². The molecular weight excluding hydrogens is 340 g/mol. The van der Waals surface area contributed by atoms with Gasteiger partial charge in [0.1, 0.15) is 10.6 Å². The Bertz CT molecular complexity index is 710. The van der Waals surface area contributed by atoms with Crippen LogP contribution in [0.25, 0.3) is 10.2 Å². The first-order valence-electron chi connectivity index (χ1n) is 8.61. The number of nitrogens with one attached hydrogen (secondary N) is 1. The van der Waals surface area contributed by atoms with E-state index < -0.39 is 0 Å². The van der Waals surface area contributed by atoms with Gasteiger partial charge in [-0.2, -0.15) is 0 Å². The predicted octanol–water partition coefficient (Wildman–Crippen LogP) is 3.93. The van der Waals surface area contributed by atoms with Crippen LogP contribution >= 0.6 is 23.1 Å². The molecular formula is C17H24N4OS2. The van der Waals surface area contributed by atoms with E-state index in [1.165, 1.54) is 24.2 Å². The van der Waals surface area contributed by atoms with Crippen LogP contribution in [-0.4, -0.2) is 41.8 Å². The van der Waals surface area contributed by atoms with Gasteiger partial charge in [0, 0.05) is 19.6 Å². The molecule has 1 fully saturated rings. The van der Waals surface area contributed by atoms with Gasteiger partial charge in [-0.3, -0.25) is 4.79 Å². The summed E-state index contributed by atoms with van der Waals surface area (Å²) < 4.78 is 0. The van der Waals surface area contributed by atoms with Gasteiger partial charge in [-0.05, 0) is 31.6 Å². The minimum atomic E-state index is 0.00664. The molecule has 2 aromatic rings. The Hall–Kier alpha value is -1.34. The maximum absolute atomic E-state index is 12.4. The smallest absolute Gasteiger partial charge is 0.261 e. The highest BCUT2D eigenvalue weighted by Gasteiger charge is 2.21. The maximum Gasteiger partial charge on any atom is 0.261 e. The van der Waals surface area contributed by atoms with Gasteiger partial charge in [0.05, 0.1) is 10.3 Å². The summed E-state index contributed by atoms with van der Waals surface area (Å²) in [6, 6.07) is 1.97. The van der Waals surface area contributed by atoms with E-state index in [-0.39, 0.29) is 5.91 Å². The number of thioether (sulfide) groups is 1. The largest absolute Gasteiger partial charge is 0.356 e. The van der Waals surface area contributed by atoms with E-state index in [4.69, 9.17) is 4.98 Å². The quantitative estimate of drug-likeness (QED) is 0.458. The zero-order valence-electron chi connectivity index (χ0n) is 14.3. The monoisotopic (exact) mass is 364 g/mol. The van der Waals surface area contributed by atoms with E-state index in [2.05, 4.69) is 22.1 Å².